The Bertz CT molecular complexity index is 676. The minimum Gasteiger partial charge on any atom is -0.731 e. The van der Waals surface area contributed by atoms with Crippen molar-refractivity contribution in [1.82, 2.24) is 0 Å². The van der Waals surface area contributed by atoms with Crippen molar-refractivity contribution in [2.24, 2.45) is 0 Å². The smallest absolute Gasteiger partial charge is 0 e. The maximum Gasteiger partial charge on any atom is 0 e. The van der Waals surface area contributed by atoms with Crippen LogP contribution in [0.3, 0.4) is 0 Å². The Morgan fingerprint density at radius 2 is 1.03 bits per heavy atom. The average molecular weight is 434 g/mol. The van der Waals surface area contributed by atoms with Gasteiger partial charge in [-0.15, -0.1) is 13.2 Å². The molecule has 0 aliphatic carbocycles. The van der Waals surface area contributed by atoms with Gasteiger partial charge in [0.2, 0.25) is 0 Å². The second-order valence-electron chi connectivity index (χ2n) is 8.32. The van der Waals surface area contributed by atoms with Crippen molar-refractivity contribution in [2.45, 2.75) is 93.9 Å². The van der Waals surface area contributed by atoms with Crippen LogP contribution in [0, 0.1) is 55.4 Å². The molecule has 0 fully saturated rings. The van der Waals surface area contributed by atoms with Crippen LogP contribution in [-0.2, 0) is 29.9 Å². The molecule has 0 aromatic heterocycles. The van der Waals surface area contributed by atoms with Gasteiger partial charge in [-0.1, -0.05) is 59.1 Å². The molecule has 0 nitrogen and oxygen atoms in total. The molecule has 2 rings (SSSR count). The number of hydrogen-bond donors (Lipinski definition) is 0. The van der Waals surface area contributed by atoms with Crippen molar-refractivity contribution in [3.63, 3.8) is 0 Å². The summed E-state index contributed by atoms with van der Waals surface area (Å²) in [6.45, 7) is 25.4. The van der Waals surface area contributed by atoms with Gasteiger partial charge in [-0.3, -0.25) is 0 Å². The second kappa shape index (κ2) is 13.1. The fourth-order valence-electron chi connectivity index (χ4n) is 4.19. The summed E-state index contributed by atoms with van der Waals surface area (Å²) in [5, 5.41) is 0. The normalized spacial score (nSPS) is 10.2. The van der Waals surface area contributed by atoms with Crippen LogP contribution in [0.4, 0.5) is 0 Å². The standard InChI is InChI=1S/2C14H21.Fe/c2*1-6-7-8-9-14-12(4)10(2)11(3)13(14)5;/h2*6H,1,7-9H2,2-5H3;/q-5;-1;. The molecule has 0 unspecified atom stereocenters. The van der Waals surface area contributed by atoms with Crippen LogP contribution in [0.25, 0.3) is 0 Å². The molecule has 1 heteroatoms. The summed E-state index contributed by atoms with van der Waals surface area (Å²) in [4.78, 5) is 0. The summed E-state index contributed by atoms with van der Waals surface area (Å²) in [6, 6.07) is 0. The molecule has 168 valence electrons. The minimum atomic E-state index is 0. The molecule has 0 aliphatic rings. The van der Waals surface area contributed by atoms with Gasteiger partial charge >= 0.3 is 0 Å². The van der Waals surface area contributed by atoms with E-state index in [1.54, 1.807) is 11.1 Å². The van der Waals surface area contributed by atoms with Gasteiger partial charge in [0, 0.05) is 17.1 Å². The van der Waals surface area contributed by atoms with Gasteiger partial charge in [-0.25, -0.2) is 34.1 Å². The third kappa shape index (κ3) is 6.87. The fourth-order valence-corrected chi connectivity index (χ4v) is 4.19. The molecule has 2 aromatic carbocycles. The van der Waals surface area contributed by atoms with Crippen molar-refractivity contribution >= 4 is 0 Å². The Balaban J connectivity index is 0.000000523. The van der Waals surface area contributed by atoms with E-state index in [-0.39, 0.29) is 17.1 Å². The summed E-state index contributed by atoms with van der Waals surface area (Å²) in [5.41, 5.74) is 15.1. The summed E-state index contributed by atoms with van der Waals surface area (Å²) >= 11 is 0. The van der Waals surface area contributed by atoms with Crippen LogP contribution in [0.2, 0.25) is 0 Å². The molecule has 0 radical (unpaired) electrons. The third-order valence-corrected chi connectivity index (χ3v) is 6.86. The molecule has 0 amide bonds. The molecule has 0 atom stereocenters. The summed E-state index contributed by atoms with van der Waals surface area (Å²) in [7, 11) is 0. The number of unbranched alkanes of at least 4 members (excludes halogenated alkanes) is 2. The molecular weight excluding hydrogens is 392 g/mol. The van der Waals surface area contributed by atoms with Crippen LogP contribution in [-0.4, -0.2) is 0 Å². The first-order chi connectivity index (χ1) is 13.2. The maximum atomic E-state index is 3.76. The summed E-state index contributed by atoms with van der Waals surface area (Å²) < 4.78 is 0. The Kier molecular flexibility index (Phi) is 12.5. The number of allylic oxidation sites excluding steroid dienone is 2. The van der Waals surface area contributed by atoms with Gasteiger partial charge in [-0.05, 0) is 12.8 Å². The monoisotopic (exact) mass is 434 g/mol. The average Bonchev–Trinajstić information content (AvgIpc) is 2.98. The first-order valence-corrected chi connectivity index (χ1v) is 10.8. The Labute approximate surface area is 191 Å². The van der Waals surface area contributed by atoms with E-state index < -0.39 is 0 Å². The Morgan fingerprint density at radius 1 is 0.655 bits per heavy atom. The van der Waals surface area contributed by atoms with Crippen molar-refractivity contribution in [3.05, 3.63) is 80.9 Å². The van der Waals surface area contributed by atoms with E-state index in [4.69, 9.17) is 0 Å². The van der Waals surface area contributed by atoms with Gasteiger partial charge in [-0.2, -0.15) is 27.8 Å². The molecule has 0 saturated heterocycles. The largest absolute Gasteiger partial charge is 0.731 e. The quantitative estimate of drug-likeness (QED) is 0.170. The van der Waals surface area contributed by atoms with Gasteiger partial charge in [0.25, 0.3) is 0 Å². The molecule has 2 aromatic rings. The van der Waals surface area contributed by atoms with E-state index in [1.165, 1.54) is 70.2 Å². The van der Waals surface area contributed by atoms with E-state index in [0.717, 1.165) is 12.8 Å². The van der Waals surface area contributed by atoms with Gasteiger partial charge in [0.15, 0.2) is 0 Å². The van der Waals surface area contributed by atoms with Crippen molar-refractivity contribution in [3.8, 4) is 0 Å². The zero-order valence-corrected chi connectivity index (χ0v) is 21.3. The molecule has 0 bridgehead atoms. The predicted molar refractivity (Wildman–Crippen MR) is 128 cm³/mol. The van der Waals surface area contributed by atoms with Crippen LogP contribution in [0.5, 0.6) is 0 Å². The SMILES string of the molecule is C=CCCC[c-]1[c-](C)[c-](C)[c-](C)[c-]1C.C=CCCC[c-]1c(C)c(C)c(C)c1C.[Fe]. The molecule has 0 aliphatic heterocycles. The number of hydrogen-bond acceptors (Lipinski definition) is 0. The Morgan fingerprint density at radius 3 is 1.41 bits per heavy atom. The minimum absolute atomic E-state index is 0. The van der Waals surface area contributed by atoms with E-state index in [0.29, 0.717) is 0 Å². The molecule has 29 heavy (non-hydrogen) atoms. The van der Waals surface area contributed by atoms with E-state index in [2.05, 4.69) is 68.5 Å². The zero-order valence-electron chi connectivity index (χ0n) is 20.2. The van der Waals surface area contributed by atoms with Crippen LogP contribution >= 0.6 is 0 Å². The van der Waals surface area contributed by atoms with Crippen LogP contribution in [0.1, 0.15) is 81.3 Å². The molecule has 0 saturated carbocycles. The van der Waals surface area contributed by atoms with E-state index in [9.17, 15) is 0 Å². The van der Waals surface area contributed by atoms with Crippen molar-refractivity contribution in [2.75, 3.05) is 0 Å². The van der Waals surface area contributed by atoms with Crippen LogP contribution in [0.15, 0.2) is 25.3 Å². The van der Waals surface area contributed by atoms with Crippen molar-refractivity contribution in [1.29, 1.82) is 0 Å². The molecular formula is C28H42Fe-6. The van der Waals surface area contributed by atoms with Crippen molar-refractivity contribution < 1.29 is 17.1 Å². The van der Waals surface area contributed by atoms with Gasteiger partial charge in [0.1, 0.15) is 0 Å². The van der Waals surface area contributed by atoms with Crippen LogP contribution < -0.4 is 0 Å². The maximum absolute atomic E-state index is 3.76. The second-order valence-corrected chi connectivity index (χ2v) is 8.32. The van der Waals surface area contributed by atoms with E-state index in [1.807, 2.05) is 12.2 Å². The molecule has 0 N–H and O–H groups in total. The zero-order chi connectivity index (χ0) is 21.4. The summed E-state index contributed by atoms with van der Waals surface area (Å²) in [6.07, 6.45) is 11.1. The first-order valence-electron chi connectivity index (χ1n) is 10.8. The fraction of sp³-hybridized carbons (Fsp3) is 0.500. The predicted octanol–water partition coefficient (Wildman–Crippen LogP) is 8.29. The molecule has 0 spiro atoms. The molecule has 0 heterocycles. The van der Waals surface area contributed by atoms with Gasteiger partial charge < -0.3 is 27.8 Å². The third-order valence-electron chi connectivity index (χ3n) is 6.86. The number of rotatable bonds is 8. The van der Waals surface area contributed by atoms with Gasteiger partial charge in [0.05, 0.1) is 0 Å². The van der Waals surface area contributed by atoms with E-state index >= 15 is 0 Å². The summed E-state index contributed by atoms with van der Waals surface area (Å²) in [5.74, 6) is 0. The Hall–Kier alpha value is -1.30. The first kappa shape index (κ1) is 27.7. The topological polar surface area (TPSA) is 0 Å².